The normalized spacial score (nSPS) is 22.9. The molecular formula is C15H21IN2. The van der Waals surface area contributed by atoms with Crippen LogP contribution in [0.25, 0.3) is 0 Å². The zero-order valence-corrected chi connectivity index (χ0v) is 12.9. The standard InChI is InChI=1S/C15H21IN2/c16-14-5-3-13(4-6-14)15(11-12-1-2-12)18-9-7-17-8-10-18/h3-6,12,15,17H,1-2,7-11H2/t15-/m0/s1. The largest absolute Gasteiger partial charge is 0.314 e. The molecule has 0 radical (unpaired) electrons. The summed E-state index contributed by atoms with van der Waals surface area (Å²) in [6.07, 6.45) is 4.26. The van der Waals surface area contributed by atoms with Gasteiger partial charge in [0.15, 0.2) is 0 Å². The van der Waals surface area contributed by atoms with E-state index in [9.17, 15) is 0 Å². The van der Waals surface area contributed by atoms with Crippen LogP contribution < -0.4 is 5.32 Å². The first-order chi connectivity index (χ1) is 8.83. The third kappa shape index (κ3) is 3.25. The Balaban J connectivity index is 1.76. The minimum absolute atomic E-state index is 0.650. The van der Waals surface area contributed by atoms with Gasteiger partial charge in [0.05, 0.1) is 0 Å². The van der Waals surface area contributed by atoms with Crippen molar-refractivity contribution in [3.05, 3.63) is 33.4 Å². The molecule has 1 aliphatic heterocycles. The van der Waals surface area contributed by atoms with Crippen LogP contribution in [0.2, 0.25) is 0 Å². The van der Waals surface area contributed by atoms with Gasteiger partial charge in [-0.1, -0.05) is 25.0 Å². The molecule has 2 aliphatic rings. The van der Waals surface area contributed by atoms with Crippen molar-refractivity contribution < 1.29 is 0 Å². The molecule has 1 atom stereocenters. The van der Waals surface area contributed by atoms with Gasteiger partial charge in [0.2, 0.25) is 0 Å². The van der Waals surface area contributed by atoms with Crippen molar-refractivity contribution in [1.82, 2.24) is 10.2 Å². The van der Waals surface area contributed by atoms with E-state index in [1.807, 2.05) is 0 Å². The quantitative estimate of drug-likeness (QED) is 0.835. The monoisotopic (exact) mass is 356 g/mol. The van der Waals surface area contributed by atoms with Crippen molar-refractivity contribution in [3.63, 3.8) is 0 Å². The highest BCUT2D eigenvalue weighted by Crippen LogP contribution is 2.40. The molecule has 1 saturated heterocycles. The zero-order valence-electron chi connectivity index (χ0n) is 10.7. The predicted octanol–water partition coefficient (Wildman–Crippen LogP) is 3.04. The van der Waals surface area contributed by atoms with Crippen LogP contribution in [0.15, 0.2) is 24.3 Å². The highest BCUT2D eigenvalue weighted by molar-refractivity contribution is 14.1. The van der Waals surface area contributed by atoms with Crippen LogP contribution in [0.5, 0.6) is 0 Å². The summed E-state index contributed by atoms with van der Waals surface area (Å²) in [6, 6.07) is 9.81. The van der Waals surface area contributed by atoms with E-state index in [0.29, 0.717) is 6.04 Å². The second-order valence-electron chi connectivity index (χ2n) is 5.53. The summed E-state index contributed by atoms with van der Waals surface area (Å²) in [6.45, 7) is 4.68. The van der Waals surface area contributed by atoms with E-state index in [2.05, 4.69) is 57.1 Å². The Morgan fingerprint density at radius 3 is 2.44 bits per heavy atom. The van der Waals surface area contributed by atoms with Gasteiger partial charge in [0.1, 0.15) is 0 Å². The highest BCUT2D eigenvalue weighted by Gasteiger charge is 2.30. The van der Waals surface area contributed by atoms with Gasteiger partial charge in [-0.3, -0.25) is 4.90 Å². The van der Waals surface area contributed by atoms with Crippen LogP contribution in [0.1, 0.15) is 30.9 Å². The van der Waals surface area contributed by atoms with Crippen LogP contribution >= 0.6 is 22.6 Å². The highest BCUT2D eigenvalue weighted by atomic mass is 127. The Kier molecular flexibility index (Phi) is 4.21. The summed E-state index contributed by atoms with van der Waals surface area (Å²) in [5.74, 6) is 0.990. The first-order valence-corrected chi connectivity index (χ1v) is 8.11. The molecule has 3 heteroatoms. The van der Waals surface area contributed by atoms with Gasteiger partial charge in [0.25, 0.3) is 0 Å². The van der Waals surface area contributed by atoms with Crippen molar-refractivity contribution in [1.29, 1.82) is 0 Å². The Labute approximate surface area is 123 Å². The van der Waals surface area contributed by atoms with Gasteiger partial charge in [-0.25, -0.2) is 0 Å². The van der Waals surface area contributed by atoms with Crippen LogP contribution in [0.3, 0.4) is 0 Å². The molecule has 0 aromatic heterocycles. The number of piperazine rings is 1. The fourth-order valence-electron chi connectivity index (χ4n) is 2.84. The van der Waals surface area contributed by atoms with Crippen molar-refractivity contribution in [2.75, 3.05) is 26.2 Å². The van der Waals surface area contributed by atoms with Crippen molar-refractivity contribution >= 4 is 22.6 Å². The van der Waals surface area contributed by atoms with Crippen molar-refractivity contribution in [2.24, 2.45) is 5.92 Å². The summed E-state index contributed by atoms with van der Waals surface area (Å²) >= 11 is 2.39. The number of hydrogen-bond acceptors (Lipinski definition) is 2. The van der Waals surface area contributed by atoms with E-state index >= 15 is 0 Å². The van der Waals surface area contributed by atoms with Gasteiger partial charge in [-0.15, -0.1) is 0 Å². The lowest BCUT2D eigenvalue weighted by atomic mass is 9.99. The first kappa shape index (κ1) is 12.9. The summed E-state index contributed by atoms with van der Waals surface area (Å²) in [7, 11) is 0. The first-order valence-electron chi connectivity index (χ1n) is 7.03. The zero-order chi connectivity index (χ0) is 12.4. The molecule has 1 aliphatic carbocycles. The van der Waals surface area contributed by atoms with Gasteiger partial charge in [-0.2, -0.15) is 0 Å². The van der Waals surface area contributed by atoms with Crippen LogP contribution in [0, 0.1) is 9.49 Å². The Morgan fingerprint density at radius 1 is 1.17 bits per heavy atom. The third-order valence-corrected chi connectivity index (χ3v) is 4.82. The number of nitrogens with one attached hydrogen (secondary N) is 1. The molecule has 0 bridgehead atoms. The Bertz CT molecular complexity index is 380. The molecule has 0 unspecified atom stereocenters. The number of hydrogen-bond donors (Lipinski definition) is 1. The van der Waals surface area contributed by atoms with E-state index < -0.39 is 0 Å². The SMILES string of the molecule is Ic1ccc([C@H](CC2CC2)N2CCNCC2)cc1. The van der Waals surface area contributed by atoms with Crippen LogP contribution in [0.4, 0.5) is 0 Å². The second kappa shape index (κ2) is 5.88. The molecule has 98 valence electrons. The maximum Gasteiger partial charge on any atom is 0.0351 e. The van der Waals surface area contributed by atoms with Crippen molar-refractivity contribution in [3.8, 4) is 0 Å². The van der Waals surface area contributed by atoms with E-state index in [-0.39, 0.29) is 0 Å². The Morgan fingerprint density at radius 2 is 1.83 bits per heavy atom. The second-order valence-corrected chi connectivity index (χ2v) is 6.78. The number of nitrogens with zero attached hydrogens (tertiary/aromatic N) is 1. The molecule has 2 fully saturated rings. The molecule has 3 rings (SSSR count). The van der Waals surface area contributed by atoms with E-state index in [1.165, 1.54) is 41.5 Å². The maximum absolute atomic E-state index is 3.46. The lowest BCUT2D eigenvalue weighted by Gasteiger charge is -2.35. The number of halogens is 1. The number of benzene rings is 1. The fraction of sp³-hybridized carbons (Fsp3) is 0.600. The minimum Gasteiger partial charge on any atom is -0.314 e. The molecule has 1 heterocycles. The lowest BCUT2D eigenvalue weighted by molar-refractivity contribution is 0.160. The maximum atomic E-state index is 3.46. The van der Waals surface area contributed by atoms with Gasteiger partial charge in [0, 0.05) is 35.8 Å². The molecule has 18 heavy (non-hydrogen) atoms. The van der Waals surface area contributed by atoms with E-state index in [4.69, 9.17) is 0 Å². The van der Waals surface area contributed by atoms with E-state index in [1.54, 1.807) is 0 Å². The molecule has 0 amide bonds. The average molecular weight is 356 g/mol. The van der Waals surface area contributed by atoms with Crippen LogP contribution in [-0.4, -0.2) is 31.1 Å². The molecule has 1 aromatic carbocycles. The summed E-state index contributed by atoms with van der Waals surface area (Å²) in [5, 5.41) is 3.46. The van der Waals surface area contributed by atoms with Crippen molar-refractivity contribution in [2.45, 2.75) is 25.3 Å². The fourth-order valence-corrected chi connectivity index (χ4v) is 3.20. The van der Waals surface area contributed by atoms with Crippen LogP contribution in [-0.2, 0) is 0 Å². The average Bonchev–Trinajstić information content (AvgIpc) is 3.22. The number of rotatable bonds is 4. The summed E-state index contributed by atoms with van der Waals surface area (Å²) < 4.78 is 1.34. The summed E-state index contributed by atoms with van der Waals surface area (Å²) in [5.41, 5.74) is 1.52. The smallest absolute Gasteiger partial charge is 0.0351 e. The molecule has 2 nitrogen and oxygen atoms in total. The lowest BCUT2D eigenvalue weighted by Crippen LogP contribution is -2.45. The molecule has 0 spiro atoms. The summed E-state index contributed by atoms with van der Waals surface area (Å²) in [4.78, 5) is 2.68. The van der Waals surface area contributed by atoms with Gasteiger partial charge in [-0.05, 0) is 52.6 Å². The Hall–Kier alpha value is -0.130. The van der Waals surface area contributed by atoms with Gasteiger partial charge >= 0.3 is 0 Å². The molecule has 1 N–H and O–H groups in total. The molecule has 1 saturated carbocycles. The molecule has 1 aromatic rings. The van der Waals surface area contributed by atoms with Gasteiger partial charge < -0.3 is 5.32 Å². The molecular weight excluding hydrogens is 335 g/mol. The minimum atomic E-state index is 0.650. The third-order valence-electron chi connectivity index (χ3n) is 4.10. The van der Waals surface area contributed by atoms with E-state index in [0.717, 1.165) is 19.0 Å². The predicted molar refractivity (Wildman–Crippen MR) is 83.7 cm³/mol. The topological polar surface area (TPSA) is 15.3 Å².